The van der Waals surface area contributed by atoms with Crippen LogP contribution in [0.3, 0.4) is 0 Å². The van der Waals surface area contributed by atoms with Gasteiger partial charge in [-0.3, -0.25) is 4.79 Å². The van der Waals surface area contributed by atoms with Crippen molar-refractivity contribution in [1.82, 2.24) is 0 Å². The van der Waals surface area contributed by atoms with Gasteiger partial charge in [-0.1, -0.05) is 24.3 Å². The Morgan fingerprint density at radius 3 is 2.69 bits per heavy atom. The third-order valence-corrected chi connectivity index (χ3v) is 2.38. The number of rotatable bonds is 6. The molecule has 0 fully saturated rings. The first-order chi connectivity index (χ1) is 7.67. The highest BCUT2D eigenvalue weighted by atomic mass is 16.5. The van der Waals surface area contributed by atoms with Crippen molar-refractivity contribution in [3.05, 3.63) is 35.4 Å². The van der Waals surface area contributed by atoms with Gasteiger partial charge in [-0.15, -0.1) is 0 Å². The number of methoxy groups -OCH3 is 2. The Kier molecular flexibility index (Phi) is 5.15. The van der Waals surface area contributed by atoms with Crippen LogP contribution in [0.5, 0.6) is 0 Å². The number of ether oxygens (including phenoxy) is 2. The number of benzene rings is 1. The normalized spacial score (nSPS) is 12.4. The second kappa shape index (κ2) is 6.40. The number of carbonyl (C=O) groups excluding carboxylic acids is 1. The molecule has 1 atom stereocenters. The fraction of sp³-hybridized carbons (Fsp3) is 0.462. The van der Waals surface area contributed by atoms with Crippen molar-refractivity contribution in [1.29, 1.82) is 0 Å². The highest BCUT2D eigenvalue weighted by Crippen LogP contribution is 2.18. The lowest BCUT2D eigenvalue weighted by Crippen LogP contribution is -2.09. The number of hydrogen-bond donors (Lipinski definition) is 0. The predicted octanol–water partition coefficient (Wildman–Crippen LogP) is 2.15. The van der Waals surface area contributed by atoms with Crippen molar-refractivity contribution in [2.45, 2.75) is 19.4 Å². The minimum Gasteiger partial charge on any atom is -0.382 e. The topological polar surface area (TPSA) is 35.5 Å². The second-order valence-corrected chi connectivity index (χ2v) is 3.80. The molecular formula is C13H18O3. The lowest BCUT2D eigenvalue weighted by atomic mass is 10.0. The first-order valence-electron chi connectivity index (χ1n) is 5.27. The molecule has 0 aromatic heterocycles. The Bertz CT molecular complexity index is 347. The molecule has 0 spiro atoms. The number of hydrogen-bond acceptors (Lipinski definition) is 3. The maximum atomic E-state index is 11.0. The number of Topliss-reactive ketones (excluding diaryl/α,β-unsaturated/α-hetero) is 1. The summed E-state index contributed by atoms with van der Waals surface area (Å²) in [4.78, 5) is 11.0. The van der Waals surface area contributed by atoms with Gasteiger partial charge >= 0.3 is 0 Å². The molecule has 0 heterocycles. The van der Waals surface area contributed by atoms with E-state index in [1.165, 1.54) is 0 Å². The first-order valence-corrected chi connectivity index (χ1v) is 5.27. The van der Waals surface area contributed by atoms with E-state index in [-0.39, 0.29) is 11.9 Å². The molecule has 0 aliphatic rings. The molecule has 0 bridgehead atoms. The minimum atomic E-state index is -0.0723. The summed E-state index contributed by atoms with van der Waals surface area (Å²) in [6.07, 6.45) is 0.397. The summed E-state index contributed by atoms with van der Waals surface area (Å²) < 4.78 is 10.4. The van der Waals surface area contributed by atoms with E-state index < -0.39 is 0 Å². The lowest BCUT2D eigenvalue weighted by Gasteiger charge is -2.15. The standard InChI is InChI=1S/C13H18O3/c1-10(14)7-11-5-4-6-12(8-11)13(16-3)9-15-2/h4-6,8,13H,7,9H2,1-3H3. The number of ketones is 1. The molecule has 16 heavy (non-hydrogen) atoms. The van der Waals surface area contributed by atoms with Crippen molar-refractivity contribution >= 4 is 5.78 Å². The largest absolute Gasteiger partial charge is 0.382 e. The zero-order valence-electron chi connectivity index (χ0n) is 10.0. The van der Waals surface area contributed by atoms with Crippen LogP contribution in [0.2, 0.25) is 0 Å². The Morgan fingerprint density at radius 1 is 1.38 bits per heavy atom. The Labute approximate surface area is 96.4 Å². The van der Waals surface area contributed by atoms with E-state index in [0.29, 0.717) is 13.0 Å². The van der Waals surface area contributed by atoms with Crippen LogP contribution in [0.1, 0.15) is 24.2 Å². The van der Waals surface area contributed by atoms with Crippen LogP contribution in [-0.2, 0) is 20.7 Å². The molecule has 0 amide bonds. The van der Waals surface area contributed by atoms with Crippen LogP contribution in [0.4, 0.5) is 0 Å². The highest BCUT2D eigenvalue weighted by molar-refractivity contribution is 5.78. The lowest BCUT2D eigenvalue weighted by molar-refractivity contribution is -0.116. The van der Waals surface area contributed by atoms with E-state index in [1.807, 2.05) is 24.3 Å². The van der Waals surface area contributed by atoms with Crippen LogP contribution in [0.25, 0.3) is 0 Å². The van der Waals surface area contributed by atoms with Crippen LogP contribution in [0, 0.1) is 0 Å². The molecule has 1 aromatic carbocycles. The Balaban J connectivity index is 2.83. The van der Waals surface area contributed by atoms with Gasteiger partial charge in [0.15, 0.2) is 0 Å². The zero-order valence-corrected chi connectivity index (χ0v) is 10.0. The van der Waals surface area contributed by atoms with Crippen LogP contribution in [0.15, 0.2) is 24.3 Å². The highest BCUT2D eigenvalue weighted by Gasteiger charge is 2.10. The predicted molar refractivity (Wildman–Crippen MR) is 62.5 cm³/mol. The summed E-state index contributed by atoms with van der Waals surface area (Å²) in [5.41, 5.74) is 2.06. The molecule has 0 N–H and O–H groups in total. The monoisotopic (exact) mass is 222 g/mol. The fourth-order valence-corrected chi connectivity index (χ4v) is 1.64. The number of carbonyl (C=O) groups is 1. The van der Waals surface area contributed by atoms with Gasteiger partial charge < -0.3 is 9.47 Å². The molecule has 88 valence electrons. The van der Waals surface area contributed by atoms with E-state index >= 15 is 0 Å². The van der Waals surface area contributed by atoms with E-state index in [0.717, 1.165) is 11.1 Å². The zero-order chi connectivity index (χ0) is 12.0. The van der Waals surface area contributed by atoms with Crippen LogP contribution >= 0.6 is 0 Å². The molecule has 0 saturated heterocycles. The summed E-state index contributed by atoms with van der Waals surface area (Å²) >= 11 is 0. The third kappa shape index (κ3) is 3.76. The fourth-order valence-electron chi connectivity index (χ4n) is 1.64. The Hall–Kier alpha value is -1.19. The molecule has 0 saturated carbocycles. The molecule has 3 heteroatoms. The van der Waals surface area contributed by atoms with E-state index in [2.05, 4.69) is 0 Å². The maximum absolute atomic E-state index is 11.0. The first kappa shape index (κ1) is 12.9. The van der Waals surface area contributed by atoms with Gasteiger partial charge in [-0.05, 0) is 18.1 Å². The van der Waals surface area contributed by atoms with Crippen molar-refractivity contribution in [2.75, 3.05) is 20.8 Å². The smallest absolute Gasteiger partial charge is 0.134 e. The van der Waals surface area contributed by atoms with Gasteiger partial charge in [0.05, 0.1) is 6.61 Å². The van der Waals surface area contributed by atoms with Gasteiger partial charge in [0.1, 0.15) is 11.9 Å². The molecule has 0 radical (unpaired) electrons. The van der Waals surface area contributed by atoms with E-state index in [9.17, 15) is 4.79 Å². The van der Waals surface area contributed by atoms with Gasteiger partial charge in [0.2, 0.25) is 0 Å². The molecule has 0 aliphatic heterocycles. The van der Waals surface area contributed by atoms with E-state index in [1.54, 1.807) is 21.1 Å². The molecule has 1 unspecified atom stereocenters. The van der Waals surface area contributed by atoms with Gasteiger partial charge in [-0.2, -0.15) is 0 Å². The molecule has 1 rings (SSSR count). The second-order valence-electron chi connectivity index (χ2n) is 3.80. The minimum absolute atomic E-state index is 0.0723. The van der Waals surface area contributed by atoms with Crippen molar-refractivity contribution in [3.63, 3.8) is 0 Å². The van der Waals surface area contributed by atoms with Crippen molar-refractivity contribution < 1.29 is 14.3 Å². The Morgan fingerprint density at radius 2 is 2.12 bits per heavy atom. The summed E-state index contributed by atoms with van der Waals surface area (Å²) in [5, 5.41) is 0. The van der Waals surface area contributed by atoms with Crippen molar-refractivity contribution in [3.8, 4) is 0 Å². The average Bonchev–Trinajstić information content (AvgIpc) is 2.25. The van der Waals surface area contributed by atoms with Gasteiger partial charge in [-0.25, -0.2) is 0 Å². The molecule has 0 aliphatic carbocycles. The summed E-state index contributed by atoms with van der Waals surface area (Å²) in [7, 11) is 3.30. The molecule has 3 nitrogen and oxygen atoms in total. The summed E-state index contributed by atoms with van der Waals surface area (Å²) in [5.74, 6) is 0.165. The quantitative estimate of drug-likeness (QED) is 0.739. The van der Waals surface area contributed by atoms with Crippen LogP contribution in [-0.4, -0.2) is 26.6 Å². The maximum Gasteiger partial charge on any atom is 0.134 e. The van der Waals surface area contributed by atoms with E-state index in [4.69, 9.17) is 9.47 Å². The molecule has 1 aromatic rings. The summed E-state index contributed by atoms with van der Waals surface area (Å²) in [6, 6.07) is 7.87. The van der Waals surface area contributed by atoms with Crippen molar-refractivity contribution in [2.24, 2.45) is 0 Å². The third-order valence-electron chi connectivity index (χ3n) is 2.38. The van der Waals surface area contributed by atoms with Gasteiger partial charge in [0, 0.05) is 20.6 Å². The van der Waals surface area contributed by atoms with Crippen LogP contribution < -0.4 is 0 Å². The van der Waals surface area contributed by atoms with Gasteiger partial charge in [0.25, 0.3) is 0 Å². The SMILES string of the molecule is COCC(OC)c1cccc(CC(C)=O)c1. The molecular weight excluding hydrogens is 204 g/mol. The summed E-state index contributed by atoms with van der Waals surface area (Å²) in [6.45, 7) is 2.11. The average molecular weight is 222 g/mol.